The maximum atomic E-state index is 11.9. The molecule has 1 atom stereocenters. The van der Waals surface area contributed by atoms with Crippen LogP contribution in [0, 0.1) is 5.92 Å². The van der Waals surface area contributed by atoms with Crippen molar-refractivity contribution in [1.82, 2.24) is 0 Å². The summed E-state index contributed by atoms with van der Waals surface area (Å²) in [7, 11) is 0. The van der Waals surface area contributed by atoms with Crippen LogP contribution in [-0.4, -0.2) is 55.9 Å². The monoisotopic (exact) mass is 360 g/mol. The molecule has 7 heteroatoms. The van der Waals surface area contributed by atoms with Crippen molar-refractivity contribution in [3.05, 3.63) is 0 Å². The van der Waals surface area contributed by atoms with Gasteiger partial charge >= 0.3 is 12.1 Å². The number of rotatable bonds is 11. The molecule has 0 amide bonds. The predicted molar refractivity (Wildman–Crippen MR) is 91.3 cm³/mol. The van der Waals surface area contributed by atoms with E-state index in [1.807, 2.05) is 13.8 Å². The molecule has 0 spiro atoms. The third-order valence-corrected chi connectivity index (χ3v) is 3.66. The molecule has 0 radical (unpaired) electrons. The smallest absolute Gasteiger partial charge is 0.458 e. The van der Waals surface area contributed by atoms with E-state index < -0.39 is 23.8 Å². The van der Waals surface area contributed by atoms with Gasteiger partial charge in [0.25, 0.3) is 0 Å². The minimum Gasteiger partial charge on any atom is -0.458 e. The average molecular weight is 360 g/mol. The molecule has 0 bridgehead atoms. The van der Waals surface area contributed by atoms with Crippen LogP contribution >= 0.6 is 0 Å². The normalized spacial score (nSPS) is 18.2. The first-order valence-corrected chi connectivity index (χ1v) is 8.76. The lowest BCUT2D eigenvalue weighted by molar-refractivity contribution is -0.165. The summed E-state index contributed by atoms with van der Waals surface area (Å²) >= 11 is 0. The molecule has 1 aliphatic heterocycles. The van der Waals surface area contributed by atoms with E-state index in [0.29, 0.717) is 18.9 Å². The maximum Gasteiger partial charge on any atom is 0.508 e. The van der Waals surface area contributed by atoms with Gasteiger partial charge in [-0.05, 0) is 40.0 Å². The van der Waals surface area contributed by atoms with Gasteiger partial charge in [0.15, 0.2) is 6.10 Å². The first kappa shape index (κ1) is 21.7. The third-order valence-electron chi connectivity index (χ3n) is 3.66. The molecule has 1 fully saturated rings. The van der Waals surface area contributed by atoms with Crippen LogP contribution in [0.2, 0.25) is 0 Å². The topological polar surface area (TPSA) is 80.3 Å². The van der Waals surface area contributed by atoms with E-state index in [0.717, 1.165) is 6.42 Å². The Hall–Kier alpha value is -1.34. The maximum absolute atomic E-state index is 11.9. The summed E-state index contributed by atoms with van der Waals surface area (Å²) in [6.07, 6.45) is 0.382. The second kappa shape index (κ2) is 9.38. The quantitative estimate of drug-likeness (QED) is 0.524. The Morgan fingerprint density at radius 1 is 1.24 bits per heavy atom. The highest BCUT2D eigenvalue weighted by Gasteiger charge is 2.27. The largest absolute Gasteiger partial charge is 0.508 e. The molecule has 0 aromatic carbocycles. The number of ether oxygens (including phenoxy) is 5. The van der Waals surface area contributed by atoms with Crippen molar-refractivity contribution >= 4 is 12.1 Å². The van der Waals surface area contributed by atoms with Crippen LogP contribution in [0.5, 0.6) is 0 Å². The number of hydrogen-bond donors (Lipinski definition) is 0. The standard InChI is InChI=1S/C18H32O7/c1-13(2)9-18(5,6)23-8-7-17(3,4)25-15(19)12-21-10-14-11-22-16(20)24-14/h13-14H,7-12H2,1-6H3. The summed E-state index contributed by atoms with van der Waals surface area (Å²) < 4.78 is 26.0. The van der Waals surface area contributed by atoms with Gasteiger partial charge in [0.1, 0.15) is 18.8 Å². The molecule has 1 aliphatic rings. The summed E-state index contributed by atoms with van der Waals surface area (Å²) in [5.74, 6) is 0.0965. The van der Waals surface area contributed by atoms with Crippen molar-refractivity contribution in [1.29, 1.82) is 0 Å². The molecule has 0 aliphatic carbocycles. The van der Waals surface area contributed by atoms with Gasteiger partial charge in [-0.1, -0.05) is 13.8 Å². The zero-order valence-corrected chi connectivity index (χ0v) is 16.3. The van der Waals surface area contributed by atoms with Crippen molar-refractivity contribution in [2.24, 2.45) is 5.92 Å². The minimum absolute atomic E-state index is 0.105. The second-order valence-corrected chi connectivity index (χ2v) is 8.01. The van der Waals surface area contributed by atoms with Gasteiger partial charge in [0.05, 0.1) is 18.8 Å². The highest BCUT2D eigenvalue weighted by molar-refractivity contribution is 5.71. The van der Waals surface area contributed by atoms with Gasteiger partial charge < -0.3 is 23.7 Å². The summed E-state index contributed by atoms with van der Waals surface area (Å²) in [6.45, 7) is 12.7. The average Bonchev–Trinajstić information content (AvgIpc) is 2.81. The number of carbonyl (C=O) groups excluding carboxylic acids is 2. The van der Waals surface area contributed by atoms with Crippen LogP contribution in [0.25, 0.3) is 0 Å². The Kier molecular flexibility index (Phi) is 8.15. The van der Waals surface area contributed by atoms with Gasteiger partial charge in [-0.15, -0.1) is 0 Å². The van der Waals surface area contributed by atoms with E-state index in [1.165, 1.54) is 0 Å². The number of cyclic esters (lactones) is 2. The van der Waals surface area contributed by atoms with E-state index >= 15 is 0 Å². The molecule has 0 N–H and O–H groups in total. The van der Waals surface area contributed by atoms with Crippen LogP contribution in [0.4, 0.5) is 4.79 Å². The van der Waals surface area contributed by atoms with E-state index in [9.17, 15) is 9.59 Å². The van der Waals surface area contributed by atoms with E-state index in [-0.39, 0.29) is 25.4 Å². The summed E-state index contributed by atoms with van der Waals surface area (Å²) in [6, 6.07) is 0. The Bertz CT molecular complexity index is 443. The molecular weight excluding hydrogens is 328 g/mol. The molecule has 0 aromatic heterocycles. The van der Waals surface area contributed by atoms with Crippen molar-refractivity contribution < 1.29 is 33.3 Å². The van der Waals surface area contributed by atoms with Crippen molar-refractivity contribution in [3.8, 4) is 0 Å². The second-order valence-electron chi connectivity index (χ2n) is 8.01. The van der Waals surface area contributed by atoms with E-state index in [1.54, 1.807) is 0 Å². The van der Waals surface area contributed by atoms with E-state index in [2.05, 4.69) is 32.4 Å². The zero-order chi connectivity index (χ0) is 19.1. The van der Waals surface area contributed by atoms with Crippen LogP contribution in [0.15, 0.2) is 0 Å². The fourth-order valence-electron chi connectivity index (χ4n) is 2.72. The Morgan fingerprint density at radius 3 is 2.48 bits per heavy atom. The van der Waals surface area contributed by atoms with Gasteiger partial charge in [0.2, 0.25) is 0 Å². The van der Waals surface area contributed by atoms with E-state index in [4.69, 9.17) is 18.9 Å². The predicted octanol–water partition coefficient (Wildman–Crippen LogP) is 3.09. The molecule has 25 heavy (non-hydrogen) atoms. The van der Waals surface area contributed by atoms with Crippen molar-refractivity contribution in [2.45, 2.75) is 71.7 Å². The van der Waals surface area contributed by atoms with Gasteiger partial charge in [-0.3, -0.25) is 0 Å². The Labute approximate surface area is 150 Å². The first-order valence-electron chi connectivity index (χ1n) is 8.76. The molecule has 146 valence electrons. The number of hydrogen-bond acceptors (Lipinski definition) is 7. The Morgan fingerprint density at radius 2 is 1.92 bits per heavy atom. The highest BCUT2D eigenvalue weighted by atomic mass is 16.8. The molecule has 0 aromatic rings. The van der Waals surface area contributed by atoms with Crippen LogP contribution in [-0.2, 0) is 28.5 Å². The first-order chi connectivity index (χ1) is 11.5. The molecule has 1 saturated heterocycles. The molecule has 1 unspecified atom stereocenters. The van der Waals surface area contributed by atoms with Crippen LogP contribution in [0.1, 0.15) is 54.4 Å². The minimum atomic E-state index is -0.710. The zero-order valence-electron chi connectivity index (χ0n) is 16.3. The molecule has 1 rings (SSSR count). The SMILES string of the molecule is CC(C)CC(C)(C)OCCC(C)(C)OC(=O)COCC1COC(=O)O1. The molecule has 1 heterocycles. The number of esters is 1. The summed E-state index contributed by atoms with van der Waals surface area (Å²) in [5.41, 5.74) is -0.838. The lowest BCUT2D eigenvalue weighted by Crippen LogP contribution is -2.34. The van der Waals surface area contributed by atoms with Gasteiger partial charge in [-0.25, -0.2) is 9.59 Å². The van der Waals surface area contributed by atoms with Crippen LogP contribution in [0.3, 0.4) is 0 Å². The Balaban J connectivity index is 2.22. The van der Waals surface area contributed by atoms with Crippen molar-refractivity contribution in [2.75, 3.05) is 26.4 Å². The fraction of sp³-hybridized carbons (Fsp3) is 0.889. The molecular formula is C18H32O7. The van der Waals surface area contributed by atoms with Gasteiger partial charge in [-0.2, -0.15) is 0 Å². The number of carbonyl (C=O) groups is 2. The third kappa shape index (κ3) is 9.65. The lowest BCUT2D eigenvalue weighted by atomic mass is 9.96. The highest BCUT2D eigenvalue weighted by Crippen LogP contribution is 2.22. The van der Waals surface area contributed by atoms with Crippen LogP contribution < -0.4 is 0 Å². The summed E-state index contributed by atoms with van der Waals surface area (Å²) in [4.78, 5) is 22.6. The van der Waals surface area contributed by atoms with Crippen molar-refractivity contribution in [3.63, 3.8) is 0 Å². The fourth-order valence-corrected chi connectivity index (χ4v) is 2.72. The molecule has 0 saturated carbocycles. The van der Waals surface area contributed by atoms with Gasteiger partial charge in [0, 0.05) is 6.42 Å². The summed E-state index contributed by atoms with van der Waals surface area (Å²) in [5, 5.41) is 0. The lowest BCUT2D eigenvalue weighted by Gasteiger charge is -2.30. The molecule has 7 nitrogen and oxygen atoms in total.